The van der Waals surface area contributed by atoms with Gasteiger partial charge in [0.2, 0.25) is 0 Å². The molecule has 0 atom stereocenters. The van der Waals surface area contributed by atoms with Crippen LogP contribution in [-0.2, 0) is 6.54 Å². The second-order valence-electron chi connectivity index (χ2n) is 6.58. The molecule has 0 unspecified atom stereocenters. The molecule has 0 spiro atoms. The lowest BCUT2D eigenvalue weighted by atomic mass is 10.2. The Balaban J connectivity index is 1.90. The Hall–Kier alpha value is -3.50. The molecule has 2 aromatic heterocycles. The van der Waals surface area contributed by atoms with Gasteiger partial charge in [0.05, 0.1) is 34.6 Å². The zero-order valence-electron chi connectivity index (χ0n) is 16.0. The molecule has 0 saturated heterocycles. The minimum Gasteiger partial charge on any atom is -0.478 e. The van der Waals surface area contributed by atoms with Gasteiger partial charge in [-0.3, -0.25) is 4.68 Å². The van der Waals surface area contributed by atoms with Crippen LogP contribution in [0.4, 0.5) is 0 Å². The molecular formula is C22H18N4O2S. The highest BCUT2D eigenvalue weighted by Gasteiger charge is 2.18. The molecule has 4 aromatic rings. The highest BCUT2D eigenvalue weighted by molar-refractivity contribution is 7.99. The van der Waals surface area contributed by atoms with Crippen molar-refractivity contribution in [3.63, 3.8) is 0 Å². The SMILES string of the molecule is CCn1cc(-n2c(C)c(Sc3cccc(C(=O)O)c3)c3ccc(C#N)cc32)cn1. The molecule has 0 aliphatic heterocycles. The molecule has 0 aliphatic carbocycles. The average molecular weight is 402 g/mol. The Kier molecular flexibility index (Phi) is 4.87. The summed E-state index contributed by atoms with van der Waals surface area (Å²) < 4.78 is 3.95. The van der Waals surface area contributed by atoms with Crippen molar-refractivity contribution < 1.29 is 9.90 Å². The van der Waals surface area contributed by atoms with Gasteiger partial charge in [0.15, 0.2) is 0 Å². The standard InChI is InChI=1S/C22H18N4O2S/c1-3-25-13-17(12-24-25)26-14(2)21(19-8-7-15(11-23)9-20(19)26)29-18-6-4-5-16(10-18)22(27)28/h4-10,12-13H,3H2,1-2H3,(H,27,28). The van der Waals surface area contributed by atoms with Gasteiger partial charge in [0.1, 0.15) is 0 Å². The second-order valence-corrected chi connectivity index (χ2v) is 7.67. The third-order valence-corrected chi connectivity index (χ3v) is 5.99. The number of aromatic nitrogens is 3. The van der Waals surface area contributed by atoms with E-state index in [1.807, 2.05) is 49.1 Å². The van der Waals surface area contributed by atoms with Crippen LogP contribution in [0.15, 0.2) is 64.6 Å². The Morgan fingerprint density at radius 2 is 2.10 bits per heavy atom. The van der Waals surface area contributed by atoms with E-state index in [-0.39, 0.29) is 5.56 Å². The summed E-state index contributed by atoms with van der Waals surface area (Å²) >= 11 is 1.52. The fraction of sp³-hybridized carbons (Fsp3) is 0.136. The van der Waals surface area contributed by atoms with Crippen molar-refractivity contribution in [1.29, 1.82) is 5.26 Å². The number of nitrogens with zero attached hydrogens (tertiary/aromatic N) is 4. The van der Waals surface area contributed by atoms with E-state index in [4.69, 9.17) is 0 Å². The third kappa shape index (κ3) is 3.39. The quantitative estimate of drug-likeness (QED) is 0.514. The van der Waals surface area contributed by atoms with E-state index >= 15 is 0 Å². The number of nitriles is 1. The fourth-order valence-electron chi connectivity index (χ4n) is 3.37. The van der Waals surface area contributed by atoms with Crippen LogP contribution in [0, 0.1) is 18.3 Å². The lowest BCUT2D eigenvalue weighted by Gasteiger charge is -2.06. The summed E-state index contributed by atoms with van der Waals surface area (Å²) in [5.41, 5.74) is 3.71. The topological polar surface area (TPSA) is 83.8 Å². The minimum absolute atomic E-state index is 0.257. The van der Waals surface area contributed by atoms with Crippen molar-refractivity contribution in [2.24, 2.45) is 0 Å². The monoisotopic (exact) mass is 402 g/mol. The first-order valence-electron chi connectivity index (χ1n) is 9.11. The molecule has 0 saturated carbocycles. The molecule has 0 fully saturated rings. The normalized spacial score (nSPS) is 10.9. The maximum Gasteiger partial charge on any atom is 0.335 e. The van der Waals surface area contributed by atoms with Crippen molar-refractivity contribution in [2.75, 3.05) is 0 Å². The van der Waals surface area contributed by atoms with Gasteiger partial charge < -0.3 is 9.67 Å². The summed E-state index contributed by atoms with van der Waals surface area (Å²) in [7, 11) is 0. The molecule has 7 heteroatoms. The number of benzene rings is 2. The lowest BCUT2D eigenvalue weighted by Crippen LogP contribution is -1.97. The molecule has 144 valence electrons. The first-order valence-corrected chi connectivity index (χ1v) is 9.92. The molecular weight excluding hydrogens is 384 g/mol. The van der Waals surface area contributed by atoms with E-state index < -0.39 is 5.97 Å². The van der Waals surface area contributed by atoms with Crippen molar-refractivity contribution >= 4 is 28.6 Å². The lowest BCUT2D eigenvalue weighted by molar-refractivity contribution is 0.0696. The summed E-state index contributed by atoms with van der Waals surface area (Å²) in [4.78, 5) is 13.2. The second kappa shape index (κ2) is 7.49. The highest BCUT2D eigenvalue weighted by atomic mass is 32.2. The third-order valence-electron chi connectivity index (χ3n) is 4.78. The molecule has 0 amide bonds. The van der Waals surface area contributed by atoms with Gasteiger partial charge in [-0.2, -0.15) is 10.4 Å². The van der Waals surface area contributed by atoms with Crippen LogP contribution in [0.1, 0.15) is 28.5 Å². The maximum atomic E-state index is 11.3. The average Bonchev–Trinajstić information content (AvgIpc) is 3.30. The fourth-order valence-corrected chi connectivity index (χ4v) is 4.46. The van der Waals surface area contributed by atoms with Crippen LogP contribution in [-0.4, -0.2) is 25.4 Å². The molecule has 0 aliphatic rings. The minimum atomic E-state index is -0.947. The van der Waals surface area contributed by atoms with E-state index in [0.29, 0.717) is 5.56 Å². The summed E-state index contributed by atoms with van der Waals surface area (Å²) in [5.74, 6) is -0.947. The Morgan fingerprint density at radius 1 is 1.28 bits per heavy atom. The summed E-state index contributed by atoms with van der Waals surface area (Å²) in [6.45, 7) is 4.83. The van der Waals surface area contributed by atoms with E-state index in [0.717, 1.165) is 38.6 Å². The number of carbonyl (C=O) groups is 1. The zero-order chi connectivity index (χ0) is 20.5. The van der Waals surface area contributed by atoms with Crippen LogP contribution in [0.25, 0.3) is 16.6 Å². The Morgan fingerprint density at radius 3 is 2.79 bits per heavy atom. The van der Waals surface area contributed by atoms with Gasteiger partial charge in [0, 0.05) is 33.6 Å². The summed E-state index contributed by atoms with van der Waals surface area (Å²) in [6, 6.07) is 14.7. The smallest absolute Gasteiger partial charge is 0.335 e. The van der Waals surface area contributed by atoms with Gasteiger partial charge in [-0.1, -0.05) is 23.9 Å². The molecule has 2 aromatic carbocycles. The van der Waals surface area contributed by atoms with Crippen LogP contribution in [0.5, 0.6) is 0 Å². The number of carboxylic acid groups (broad SMARTS) is 1. The first kappa shape index (κ1) is 18.8. The van der Waals surface area contributed by atoms with E-state index in [2.05, 4.69) is 15.7 Å². The van der Waals surface area contributed by atoms with Gasteiger partial charge in [-0.15, -0.1) is 0 Å². The van der Waals surface area contributed by atoms with Gasteiger partial charge in [-0.25, -0.2) is 4.79 Å². The van der Waals surface area contributed by atoms with E-state index in [9.17, 15) is 15.2 Å². The van der Waals surface area contributed by atoms with Crippen molar-refractivity contribution in [3.8, 4) is 11.8 Å². The largest absolute Gasteiger partial charge is 0.478 e. The van der Waals surface area contributed by atoms with Gasteiger partial charge in [0.25, 0.3) is 0 Å². The number of fused-ring (bicyclic) bond motifs is 1. The Bertz CT molecular complexity index is 1280. The number of aromatic carboxylic acids is 1. The molecule has 29 heavy (non-hydrogen) atoms. The summed E-state index contributed by atoms with van der Waals surface area (Å²) in [5, 5.41) is 24.0. The highest BCUT2D eigenvalue weighted by Crippen LogP contribution is 2.40. The molecule has 0 radical (unpaired) electrons. The molecule has 2 heterocycles. The predicted octanol–water partition coefficient (Wildman–Crippen LogP) is 4.88. The number of hydrogen-bond donors (Lipinski definition) is 1. The van der Waals surface area contributed by atoms with Gasteiger partial charge >= 0.3 is 5.97 Å². The van der Waals surface area contributed by atoms with Gasteiger partial charge in [-0.05, 0) is 44.2 Å². The van der Waals surface area contributed by atoms with Crippen molar-refractivity contribution in [1.82, 2.24) is 14.3 Å². The number of hydrogen-bond acceptors (Lipinski definition) is 4. The van der Waals surface area contributed by atoms with Crippen molar-refractivity contribution in [2.45, 2.75) is 30.2 Å². The molecule has 0 bridgehead atoms. The number of carboxylic acids is 1. The summed E-state index contributed by atoms with van der Waals surface area (Å²) in [6.07, 6.45) is 3.79. The first-order chi connectivity index (χ1) is 14.0. The maximum absolute atomic E-state index is 11.3. The number of aryl methyl sites for hydroxylation is 1. The Labute approximate surface area is 172 Å². The van der Waals surface area contributed by atoms with Crippen LogP contribution < -0.4 is 0 Å². The van der Waals surface area contributed by atoms with E-state index in [1.165, 1.54) is 11.8 Å². The predicted molar refractivity (Wildman–Crippen MR) is 112 cm³/mol. The van der Waals surface area contributed by atoms with Crippen LogP contribution in [0.3, 0.4) is 0 Å². The molecule has 6 nitrogen and oxygen atoms in total. The number of rotatable bonds is 5. The zero-order valence-corrected chi connectivity index (χ0v) is 16.8. The van der Waals surface area contributed by atoms with Crippen LogP contribution >= 0.6 is 11.8 Å². The molecule has 4 rings (SSSR count). The van der Waals surface area contributed by atoms with Crippen molar-refractivity contribution in [3.05, 3.63) is 71.7 Å². The van der Waals surface area contributed by atoms with Crippen LogP contribution in [0.2, 0.25) is 0 Å². The molecule has 1 N–H and O–H groups in total. The van der Waals surface area contributed by atoms with E-state index in [1.54, 1.807) is 24.3 Å².